The smallest absolute Gasteiger partial charge is 0.176 e. The number of methoxy groups -OCH3 is 1. The predicted octanol–water partition coefficient (Wildman–Crippen LogP) is 3.00. The summed E-state index contributed by atoms with van der Waals surface area (Å²) in [4.78, 5) is 14.2. The molecule has 1 aromatic carbocycles. The van der Waals surface area contributed by atoms with Crippen molar-refractivity contribution in [3.63, 3.8) is 0 Å². The first-order chi connectivity index (χ1) is 8.40. The van der Waals surface area contributed by atoms with Gasteiger partial charge in [0.1, 0.15) is 5.75 Å². The van der Waals surface area contributed by atoms with Crippen molar-refractivity contribution >= 4 is 5.78 Å². The van der Waals surface area contributed by atoms with Crippen molar-refractivity contribution < 1.29 is 9.53 Å². The van der Waals surface area contributed by atoms with E-state index in [2.05, 4.69) is 25.7 Å². The molecule has 0 heterocycles. The third kappa shape index (κ3) is 3.57. The number of carbonyl (C=O) groups is 1. The fourth-order valence-electron chi connectivity index (χ4n) is 1.57. The summed E-state index contributed by atoms with van der Waals surface area (Å²) in [5.41, 5.74) is 0.775. The molecule has 0 aliphatic carbocycles. The molecule has 3 heteroatoms. The molecule has 0 aromatic heterocycles. The van der Waals surface area contributed by atoms with Gasteiger partial charge in [-0.3, -0.25) is 9.69 Å². The van der Waals surface area contributed by atoms with Gasteiger partial charge in [-0.25, -0.2) is 0 Å². The van der Waals surface area contributed by atoms with E-state index in [1.165, 1.54) is 0 Å². The number of rotatable bonds is 6. The molecule has 0 N–H and O–H groups in total. The Labute approximate surface area is 110 Å². The second-order valence-corrected chi connectivity index (χ2v) is 5.17. The number of benzene rings is 1. The van der Waals surface area contributed by atoms with Crippen LogP contribution in [0.15, 0.2) is 24.3 Å². The molecule has 0 bridgehead atoms. The van der Waals surface area contributed by atoms with Gasteiger partial charge in [0.25, 0.3) is 0 Å². The number of hydrogen-bond donors (Lipinski definition) is 0. The summed E-state index contributed by atoms with van der Waals surface area (Å²) in [6.45, 7) is 6.87. The lowest BCUT2D eigenvalue weighted by Crippen LogP contribution is -2.43. The number of nitrogens with zero attached hydrogens (tertiary/aromatic N) is 1. The Morgan fingerprint density at radius 2 is 1.83 bits per heavy atom. The summed E-state index contributed by atoms with van der Waals surface area (Å²) in [5.74, 6) is 0.912. The van der Waals surface area contributed by atoms with E-state index in [1.54, 1.807) is 7.11 Å². The van der Waals surface area contributed by atoms with Crippen LogP contribution in [-0.2, 0) is 0 Å². The molecular weight excluding hydrogens is 226 g/mol. The molecule has 0 radical (unpaired) electrons. The van der Waals surface area contributed by atoms with Gasteiger partial charge in [0.05, 0.1) is 13.7 Å². The highest BCUT2D eigenvalue weighted by atomic mass is 16.5. The van der Waals surface area contributed by atoms with Gasteiger partial charge in [-0.2, -0.15) is 0 Å². The standard InChI is InChI=1S/C15H23NO2/c1-6-15(2,3)16(4)11-14(17)12-7-9-13(18-5)10-8-12/h7-10H,6,11H2,1-5H3. The molecule has 100 valence electrons. The van der Waals surface area contributed by atoms with Crippen molar-refractivity contribution in [2.24, 2.45) is 0 Å². The van der Waals surface area contributed by atoms with Crippen LogP contribution in [0.1, 0.15) is 37.6 Å². The summed E-state index contributed by atoms with van der Waals surface area (Å²) < 4.78 is 5.08. The minimum absolute atomic E-state index is 0.0438. The minimum atomic E-state index is 0.0438. The lowest BCUT2D eigenvalue weighted by molar-refractivity contribution is 0.0847. The monoisotopic (exact) mass is 249 g/mol. The fourth-order valence-corrected chi connectivity index (χ4v) is 1.57. The molecule has 0 spiro atoms. The minimum Gasteiger partial charge on any atom is -0.497 e. The highest BCUT2D eigenvalue weighted by Crippen LogP contribution is 2.17. The maximum absolute atomic E-state index is 12.1. The number of ketones is 1. The molecule has 3 nitrogen and oxygen atoms in total. The van der Waals surface area contributed by atoms with E-state index in [4.69, 9.17) is 4.74 Å². The first-order valence-corrected chi connectivity index (χ1v) is 6.29. The van der Waals surface area contributed by atoms with Crippen molar-refractivity contribution in [3.8, 4) is 5.75 Å². The van der Waals surface area contributed by atoms with Crippen LogP contribution in [0.25, 0.3) is 0 Å². The first-order valence-electron chi connectivity index (χ1n) is 6.29. The summed E-state index contributed by atoms with van der Waals surface area (Å²) in [7, 11) is 3.61. The van der Waals surface area contributed by atoms with Crippen LogP contribution in [0.2, 0.25) is 0 Å². The van der Waals surface area contributed by atoms with Crippen LogP contribution >= 0.6 is 0 Å². The van der Waals surface area contributed by atoms with Crippen LogP contribution in [-0.4, -0.2) is 36.9 Å². The van der Waals surface area contributed by atoms with E-state index in [0.29, 0.717) is 6.54 Å². The molecule has 18 heavy (non-hydrogen) atoms. The molecule has 0 saturated carbocycles. The van der Waals surface area contributed by atoms with Gasteiger partial charge >= 0.3 is 0 Å². The number of ether oxygens (including phenoxy) is 1. The van der Waals surface area contributed by atoms with Gasteiger partial charge in [0.2, 0.25) is 0 Å². The zero-order valence-corrected chi connectivity index (χ0v) is 12.0. The largest absolute Gasteiger partial charge is 0.497 e. The van der Waals surface area contributed by atoms with Gasteiger partial charge in [0, 0.05) is 11.1 Å². The third-order valence-electron chi connectivity index (χ3n) is 3.69. The molecule has 1 aromatic rings. The normalized spacial score (nSPS) is 11.7. The molecule has 0 unspecified atom stereocenters. The molecule has 0 saturated heterocycles. The van der Waals surface area contributed by atoms with E-state index in [-0.39, 0.29) is 11.3 Å². The topological polar surface area (TPSA) is 29.5 Å². The van der Waals surface area contributed by atoms with Crippen LogP contribution in [0, 0.1) is 0 Å². The Morgan fingerprint density at radius 3 is 2.28 bits per heavy atom. The highest BCUT2D eigenvalue weighted by Gasteiger charge is 2.23. The molecule has 0 amide bonds. The SMILES string of the molecule is CCC(C)(C)N(C)CC(=O)c1ccc(OC)cc1. The summed E-state index contributed by atoms with van der Waals surface area (Å²) in [5, 5.41) is 0. The van der Waals surface area contributed by atoms with Gasteiger partial charge in [0.15, 0.2) is 5.78 Å². The average molecular weight is 249 g/mol. The Balaban J connectivity index is 2.70. The second-order valence-electron chi connectivity index (χ2n) is 5.17. The maximum Gasteiger partial charge on any atom is 0.176 e. The lowest BCUT2D eigenvalue weighted by atomic mass is 9.99. The van der Waals surface area contributed by atoms with Gasteiger partial charge in [-0.05, 0) is 51.6 Å². The number of hydrogen-bond acceptors (Lipinski definition) is 3. The van der Waals surface area contributed by atoms with Crippen LogP contribution in [0.5, 0.6) is 5.75 Å². The lowest BCUT2D eigenvalue weighted by Gasteiger charge is -2.34. The van der Waals surface area contributed by atoms with Crippen LogP contribution in [0.3, 0.4) is 0 Å². The molecular formula is C15H23NO2. The molecule has 0 aliphatic heterocycles. The van der Waals surface area contributed by atoms with E-state index in [9.17, 15) is 4.79 Å². The molecule has 0 atom stereocenters. The number of likely N-dealkylation sites (N-methyl/N-ethyl adjacent to an activating group) is 1. The van der Waals surface area contributed by atoms with Gasteiger partial charge in [-0.15, -0.1) is 0 Å². The summed E-state index contributed by atoms with van der Waals surface area (Å²) in [6, 6.07) is 7.26. The quantitative estimate of drug-likeness (QED) is 0.726. The van der Waals surface area contributed by atoms with Crippen molar-refractivity contribution in [1.29, 1.82) is 0 Å². The Morgan fingerprint density at radius 1 is 1.28 bits per heavy atom. The fraction of sp³-hybridized carbons (Fsp3) is 0.533. The molecule has 0 fully saturated rings. The Hall–Kier alpha value is -1.35. The van der Waals surface area contributed by atoms with Gasteiger partial charge < -0.3 is 4.74 Å². The third-order valence-corrected chi connectivity index (χ3v) is 3.69. The van der Waals surface area contributed by atoms with Crippen molar-refractivity contribution in [2.75, 3.05) is 20.7 Å². The van der Waals surface area contributed by atoms with E-state index >= 15 is 0 Å². The molecule has 0 aliphatic rings. The zero-order chi connectivity index (χ0) is 13.8. The Bertz CT molecular complexity index is 395. The van der Waals surface area contributed by atoms with Crippen molar-refractivity contribution in [1.82, 2.24) is 4.90 Å². The first kappa shape index (κ1) is 14.7. The zero-order valence-electron chi connectivity index (χ0n) is 12.0. The maximum atomic E-state index is 12.1. The van der Waals surface area contributed by atoms with Gasteiger partial charge in [-0.1, -0.05) is 6.92 Å². The predicted molar refractivity (Wildman–Crippen MR) is 74.3 cm³/mol. The number of carbonyl (C=O) groups excluding carboxylic acids is 1. The Kier molecular flexibility index (Phi) is 4.91. The average Bonchev–Trinajstić information content (AvgIpc) is 2.38. The van der Waals surface area contributed by atoms with E-state index in [0.717, 1.165) is 17.7 Å². The van der Waals surface area contributed by atoms with Crippen molar-refractivity contribution in [2.45, 2.75) is 32.7 Å². The highest BCUT2D eigenvalue weighted by molar-refractivity contribution is 5.97. The summed E-state index contributed by atoms with van der Waals surface area (Å²) >= 11 is 0. The second kappa shape index (κ2) is 6.01. The van der Waals surface area contributed by atoms with Crippen LogP contribution in [0.4, 0.5) is 0 Å². The summed E-state index contributed by atoms with van der Waals surface area (Å²) in [6.07, 6.45) is 1.01. The number of Topliss-reactive ketones (excluding diaryl/α,β-unsaturated/α-hetero) is 1. The van der Waals surface area contributed by atoms with Crippen molar-refractivity contribution in [3.05, 3.63) is 29.8 Å². The van der Waals surface area contributed by atoms with Crippen LogP contribution < -0.4 is 4.74 Å². The van der Waals surface area contributed by atoms with E-state index in [1.807, 2.05) is 31.3 Å². The molecule has 1 rings (SSSR count). The van der Waals surface area contributed by atoms with E-state index < -0.39 is 0 Å².